The van der Waals surface area contributed by atoms with Gasteiger partial charge in [0.25, 0.3) is 0 Å². The second-order valence-corrected chi connectivity index (χ2v) is 4.75. The van der Waals surface area contributed by atoms with Crippen LogP contribution in [0, 0.1) is 0 Å². The van der Waals surface area contributed by atoms with Crippen LogP contribution in [0.25, 0.3) is 0 Å². The van der Waals surface area contributed by atoms with Crippen LogP contribution < -0.4 is 0 Å². The smallest absolute Gasteiger partial charge is 0.209 e. The van der Waals surface area contributed by atoms with Gasteiger partial charge in [-0.25, -0.2) is 4.68 Å². The number of rotatable bonds is 6. The van der Waals surface area contributed by atoms with E-state index in [-0.39, 0.29) is 0 Å². The molecule has 2 rings (SSSR count). The number of hydrogen-bond acceptors (Lipinski definition) is 4. The lowest BCUT2D eigenvalue weighted by Gasteiger charge is -2.00. The summed E-state index contributed by atoms with van der Waals surface area (Å²) in [5.41, 5.74) is 0. The van der Waals surface area contributed by atoms with Crippen molar-refractivity contribution in [1.29, 1.82) is 0 Å². The minimum Gasteiger partial charge on any atom is -0.217 e. The molecular formula is C9H16N4S. The van der Waals surface area contributed by atoms with Crippen molar-refractivity contribution >= 4 is 11.8 Å². The molecule has 0 unspecified atom stereocenters. The molecule has 0 spiro atoms. The van der Waals surface area contributed by atoms with Gasteiger partial charge in [-0.2, -0.15) is 0 Å². The second-order valence-electron chi connectivity index (χ2n) is 3.69. The molecule has 1 heterocycles. The maximum absolute atomic E-state index is 4.04. The summed E-state index contributed by atoms with van der Waals surface area (Å²) in [4.78, 5) is 0. The zero-order valence-electron chi connectivity index (χ0n) is 8.52. The number of tetrazole rings is 1. The highest BCUT2D eigenvalue weighted by molar-refractivity contribution is 7.99. The van der Waals surface area contributed by atoms with Crippen molar-refractivity contribution in [3.8, 4) is 0 Å². The van der Waals surface area contributed by atoms with Gasteiger partial charge in [0.15, 0.2) is 0 Å². The fourth-order valence-corrected chi connectivity index (χ4v) is 2.29. The van der Waals surface area contributed by atoms with Crippen molar-refractivity contribution in [3.63, 3.8) is 0 Å². The van der Waals surface area contributed by atoms with Crippen LogP contribution >= 0.6 is 11.8 Å². The van der Waals surface area contributed by atoms with Gasteiger partial charge >= 0.3 is 0 Å². The summed E-state index contributed by atoms with van der Waals surface area (Å²) < 4.78 is 1.98. The molecule has 4 nitrogen and oxygen atoms in total. The van der Waals surface area contributed by atoms with E-state index in [1.165, 1.54) is 32.1 Å². The van der Waals surface area contributed by atoms with E-state index in [1.807, 2.05) is 4.68 Å². The van der Waals surface area contributed by atoms with Crippen LogP contribution in [0.15, 0.2) is 5.16 Å². The number of unbranched alkanes of at least 4 members (excludes halogenated alkanes) is 2. The maximum atomic E-state index is 4.04. The van der Waals surface area contributed by atoms with Crippen LogP contribution in [0.2, 0.25) is 0 Å². The second kappa shape index (κ2) is 4.77. The topological polar surface area (TPSA) is 43.6 Å². The molecule has 0 amide bonds. The van der Waals surface area contributed by atoms with E-state index < -0.39 is 0 Å². The molecule has 1 aromatic rings. The SMILES string of the molecule is CCCCCSc1nnnn1C1CC1. The number of hydrogen-bond donors (Lipinski definition) is 0. The van der Waals surface area contributed by atoms with E-state index >= 15 is 0 Å². The Balaban J connectivity index is 1.80. The Hall–Kier alpha value is -0.580. The molecule has 1 aromatic heterocycles. The summed E-state index contributed by atoms with van der Waals surface area (Å²) in [7, 11) is 0. The van der Waals surface area contributed by atoms with Crippen LogP contribution in [0.1, 0.15) is 45.1 Å². The normalized spacial score (nSPS) is 16.1. The Morgan fingerprint density at radius 2 is 2.29 bits per heavy atom. The zero-order valence-corrected chi connectivity index (χ0v) is 9.33. The third-order valence-electron chi connectivity index (χ3n) is 2.33. The van der Waals surface area contributed by atoms with Gasteiger partial charge in [0.1, 0.15) is 0 Å². The van der Waals surface area contributed by atoms with E-state index in [0.717, 1.165) is 10.9 Å². The Morgan fingerprint density at radius 1 is 1.43 bits per heavy atom. The first-order valence-electron chi connectivity index (χ1n) is 5.32. The Bertz CT molecular complexity index is 282. The van der Waals surface area contributed by atoms with Crippen molar-refractivity contribution in [2.24, 2.45) is 0 Å². The number of aromatic nitrogens is 4. The van der Waals surface area contributed by atoms with Crippen LogP contribution in [0.5, 0.6) is 0 Å². The lowest BCUT2D eigenvalue weighted by molar-refractivity contribution is 0.565. The van der Waals surface area contributed by atoms with Crippen molar-refractivity contribution in [1.82, 2.24) is 20.2 Å². The molecule has 0 N–H and O–H groups in total. The average Bonchev–Trinajstić information content (AvgIpc) is 2.94. The van der Waals surface area contributed by atoms with Gasteiger partial charge in [-0.1, -0.05) is 31.5 Å². The summed E-state index contributed by atoms with van der Waals surface area (Å²) in [5, 5.41) is 12.8. The molecule has 78 valence electrons. The van der Waals surface area contributed by atoms with E-state index in [1.54, 1.807) is 11.8 Å². The summed E-state index contributed by atoms with van der Waals surface area (Å²) >= 11 is 1.79. The first-order valence-corrected chi connectivity index (χ1v) is 6.31. The molecule has 14 heavy (non-hydrogen) atoms. The fraction of sp³-hybridized carbons (Fsp3) is 0.889. The third-order valence-corrected chi connectivity index (χ3v) is 3.35. The van der Waals surface area contributed by atoms with Crippen molar-refractivity contribution < 1.29 is 0 Å². The van der Waals surface area contributed by atoms with Gasteiger partial charge in [-0.3, -0.25) is 0 Å². The molecule has 1 aliphatic rings. The highest BCUT2D eigenvalue weighted by atomic mass is 32.2. The monoisotopic (exact) mass is 212 g/mol. The Morgan fingerprint density at radius 3 is 3.00 bits per heavy atom. The molecule has 0 atom stereocenters. The summed E-state index contributed by atoms with van der Waals surface area (Å²) in [6, 6.07) is 0.596. The number of nitrogens with zero attached hydrogens (tertiary/aromatic N) is 4. The van der Waals surface area contributed by atoms with Gasteiger partial charge in [0.2, 0.25) is 5.16 Å². The predicted molar refractivity (Wildman–Crippen MR) is 56.3 cm³/mol. The van der Waals surface area contributed by atoms with Crippen LogP contribution in [0.3, 0.4) is 0 Å². The quantitative estimate of drug-likeness (QED) is 0.536. The molecule has 1 aliphatic carbocycles. The zero-order chi connectivity index (χ0) is 9.80. The molecule has 5 heteroatoms. The van der Waals surface area contributed by atoms with Gasteiger partial charge in [0.05, 0.1) is 6.04 Å². The minimum absolute atomic E-state index is 0.596. The molecule has 0 saturated heterocycles. The first-order chi connectivity index (χ1) is 6.92. The highest BCUT2D eigenvalue weighted by Crippen LogP contribution is 2.36. The fourth-order valence-electron chi connectivity index (χ4n) is 1.34. The maximum Gasteiger partial charge on any atom is 0.209 e. The summed E-state index contributed by atoms with van der Waals surface area (Å²) in [5.74, 6) is 1.14. The summed E-state index contributed by atoms with van der Waals surface area (Å²) in [6.45, 7) is 2.22. The van der Waals surface area contributed by atoms with Crippen LogP contribution in [-0.4, -0.2) is 26.0 Å². The van der Waals surface area contributed by atoms with E-state index in [0.29, 0.717) is 6.04 Å². The van der Waals surface area contributed by atoms with Crippen molar-refractivity contribution in [3.05, 3.63) is 0 Å². The van der Waals surface area contributed by atoms with E-state index in [9.17, 15) is 0 Å². The summed E-state index contributed by atoms with van der Waals surface area (Å²) in [6.07, 6.45) is 6.33. The lowest BCUT2D eigenvalue weighted by atomic mass is 10.3. The van der Waals surface area contributed by atoms with Gasteiger partial charge in [-0.15, -0.1) is 5.10 Å². The minimum atomic E-state index is 0.596. The largest absolute Gasteiger partial charge is 0.217 e. The molecular weight excluding hydrogens is 196 g/mol. The standard InChI is InChI=1S/C9H16N4S/c1-2-3-4-7-14-9-10-11-12-13(9)8-5-6-8/h8H,2-7H2,1H3. The Kier molecular flexibility index (Phi) is 3.39. The molecule has 0 radical (unpaired) electrons. The molecule has 1 fully saturated rings. The van der Waals surface area contributed by atoms with Crippen molar-refractivity contribution in [2.45, 2.75) is 50.2 Å². The molecule has 0 aromatic carbocycles. The number of thioether (sulfide) groups is 1. The van der Waals surface area contributed by atoms with Gasteiger partial charge in [-0.05, 0) is 29.7 Å². The molecule has 1 saturated carbocycles. The van der Waals surface area contributed by atoms with Gasteiger partial charge in [0, 0.05) is 5.75 Å². The van der Waals surface area contributed by atoms with Crippen molar-refractivity contribution in [2.75, 3.05) is 5.75 Å². The van der Waals surface area contributed by atoms with Gasteiger partial charge < -0.3 is 0 Å². The lowest BCUT2D eigenvalue weighted by Crippen LogP contribution is -1.99. The van der Waals surface area contributed by atoms with E-state index in [4.69, 9.17) is 0 Å². The Labute approximate surface area is 88.5 Å². The molecule has 0 aliphatic heterocycles. The highest BCUT2D eigenvalue weighted by Gasteiger charge is 2.27. The van der Waals surface area contributed by atoms with Crippen LogP contribution in [0.4, 0.5) is 0 Å². The predicted octanol–water partition coefficient (Wildman–Crippen LogP) is 2.29. The first kappa shape index (κ1) is 9.96. The average molecular weight is 212 g/mol. The van der Waals surface area contributed by atoms with Crippen LogP contribution in [-0.2, 0) is 0 Å². The van der Waals surface area contributed by atoms with E-state index in [2.05, 4.69) is 22.4 Å². The molecule has 0 bridgehead atoms. The third kappa shape index (κ3) is 2.47.